The molecule has 0 saturated heterocycles. The molecule has 0 atom stereocenters. The van der Waals surface area contributed by atoms with Crippen LogP contribution in [0.1, 0.15) is 53.6 Å². The highest BCUT2D eigenvalue weighted by Gasteiger charge is 2.19. The van der Waals surface area contributed by atoms with Crippen LogP contribution in [0, 0.1) is 0 Å². The highest BCUT2D eigenvalue weighted by atomic mass is 16.5. The summed E-state index contributed by atoms with van der Waals surface area (Å²) in [5.41, 5.74) is 3.30. The van der Waals surface area contributed by atoms with Crippen molar-refractivity contribution in [3.8, 4) is 0 Å². The third kappa shape index (κ3) is 2.98. The van der Waals surface area contributed by atoms with Crippen LogP contribution in [0.5, 0.6) is 0 Å². The van der Waals surface area contributed by atoms with Gasteiger partial charge in [0, 0.05) is 6.54 Å². The fourth-order valence-electron chi connectivity index (χ4n) is 3.01. The number of esters is 1. The Morgan fingerprint density at radius 1 is 1.16 bits per heavy atom. The number of benzene rings is 1. The third-order valence-electron chi connectivity index (χ3n) is 4.15. The number of ether oxygens (including phenoxy) is 1. The van der Waals surface area contributed by atoms with Crippen molar-refractivity contribution in [2.75, 3.05) is 6.54 Å². The van der Waals surface area contributed by atoms with Crippen LogP contribution in [-0.4, -0.2) is 18.6 Å². The Kier molecular flexibility index (Phi) is 3.83. The first-order valence-corrected chi connectivity index (χ1v) is 7.36. The van der Waals surface area contributed by atoms with Crippen molar-refractivity contribution < 1.29 is 9.53 Å². The van der Waals surface area contributed by atoms with Gasteiger partial charge in [0.1, 0.15) is 6.10 Å². The molecule has 1 aromatic carbocycles. The van der Waals surface area contributed by atoms with Gasteiger partial charge in [0.05, 0.1) is 5.56 Å². The zero-order valence-electron chi connectivity index (χ0n) is 11.3. The first-order valence-electron chi connectivity index (χ1n) is 7.36. The van der Waals surface area contributed by atoms with E-state index >= 15 is 0 Å². The molecule has 3 nitrogen and oxygen atoms in total. The van der Waals surface area contributed by atoms with Crippen molar-refractivity contribution in [2.24, 2.45) is 0 Å². The summed E-state index contributed by atoms with van der Waals surface area (Å²) in [7, 11) is 0. The predicted octanol–water partition coefficient (Wildman–Crippen LogP) is 2.82. The highest BCUT2D eigenvalue weighted by Crippen LogP contribution is 2.22. The van der Waals surface area contributed by atoms with Crippen molar-refractivity contribution in [1.82, 2.24) is 5.32 Å². The molecule has 0 spiro atoms. The van der Waals surface area contributed by atoms with E-state index < -0.39 is 0 Å². The highest BCUT2D eigenvalue weighted by molar-refractivity contribution is 5.89. The van der Waals surface area contributed by atoms with Gasteiger partial charge in [0.2, 0.25) is 0 Å². The smallest absolute Gasteiger partial charge is 0.338 e. The van der Waals surface area contributed by atoms with E-state index in [9.17, 15) is 4.79 Å². The van der Waals surface area contributed by atoms with Crippen LogP contribution in [0.25, 0.3) is 0 Å². The van der Waals surface area contributed by atoms with Crippen LogP contribution in [0.4, 0.5) is 0 Å². The van der Waals surface area contributed by atoms with Crippen molar-refractivity contribution >= 4 is 5.97 Å². The molecular weight excluding hydrogens is 238 g/mol. The summed E-state index contributed by atoms with van der Waals surface area (Å²) in [6.07, 6.45) is 6.89. The average Bonchev–Trinajstić information content (AvgIpc) is 2.48. The van der Waals surface area contributed by atoms with Gasteiger partial charge in [0.15, 0.2) is 0 Å². The lowest BCUT2D eigenvalue weighted by Crippen LogP contribution is -2.24. The molecule has 3 heteroatoms. The van der Waals surface area contributed by atoms with E-state index in [-0.39, 0.29) is 12.1 Å². The van der Waals surface area contributed by atoms with Crippen LogP contribution < -0.4 is 5.32 Å². The number of carbonyl (C=O) groups is 1. The van der Waals surface area contributed by atoms with Gasteiger partial charge in [-0.15, -0.1) is 0 Å². The first kappa shape index (κ1) is 12.7. The zero-order valence-corrected chi connectivity index (χ0v) is 11.3. The third-order valence-corrected chi connectivity index (χ3v) is 4.15. The fraction of sp³-hybridized carbons (Fsp3) is 0.562. The summed E-state index contributed by atoms with van der Waals surface area (Å²) in [6, 6.07) is 5.98. The van der Waals surface area contributed by atoms with Gasteiger partial charge in [-0.1, -0.05) is 12.5 Å². The van der Waals surface area contributed by atoms with Gasteiger partial charge < -0.3 is 10.1 Å². The van der Waals surface area contributed by atoms with Gasteiger partial charge in [-0.05, 0) is 61.9 Å². The summed E-state index contributed by atoms with van der Waals surface area (Å²) < 4.78 is 5.61. The monoisotopic (exact) mass is 259 g/mol. The molecule has 1 aliphatic carbocycles. The maximum Gasteiger partial charge on any atom is 0.338 e. The average molecular weight is 259 g/mol. The normalized spacial score (nSPS) is 19.8. The molecule has 3 rings (SSSR count). The Hall–Kier alpha value is -1.35. The molecule has 1 aromatic rings. The Morgan fingerprint density at radius 2 is 2.00 bits per heavy atom. The van der Waals surface area contributed by atoms with Crippen molar-refractivity contribution in [3.05, 3.63) is 34.9 Å². The second kappa shape index (κ2) is 5.74. The van der Waals surface area contributed by atoms with Crippen LogP contribution in [0.2, 0.25) is 0 Å². The lowest BCUT2D eigenvalue weighted by atomic mass is 9.97. The summed E-state index contributed by atoms with van der Waals surface area (Å²) in [4.78, 5) is 12.2. The molecule has 1 fully saturated rings. The number of fused-ring (bicyclic) bond motifs is 1. The molecule has 1 heterocycles. The molecule has 102 valence electrons. The minimum absolute atomic E-state index is 0.135. The number of hydrogen-bond donors (Lipinski definition) is 1. The van der Waals surface area contributed by atoms with E-state index in [1.54, 1.807) is 0 Å². The maximum absolute atomic E-state index is 12.2. The minimum Gasteiger partial charge on any atom is -0.459 e. The molecule has 2 aliphatic rings. The zero-order chi connectivity index (χ0) is 13.1. The lowest BCUT2D eigenvalue weighted by molar-refractivity contribution is 0.0211. The molecule has 0 bridgehead atoms. The largest absolute Gasteiger partial charge is 0.459 e. The molecule has 0 amide bonds. The summed E-state index contributed by atoms with van der Waals surface area (Å²) >= 11 is 0. The van der Waals surface area contributed by atoms with Crippen LogP contribution in [-0.2, 0) is 17.7 Å². The molecule has 0 unspecified atom stereocenters. The standard InChI is InChI=1S/C16H21NO2/c18-16(19-15-4-2-1-3-5-15)13-7-6-12-8-9-17-11-14(12)10-13/h6-7,10,15,17H,1-5,8-9,11H2. The van der Waals surface area contributed by atoms with Crippen LogP contribution >= 0.6 is 0 Å². The molecule has 1 aliphatic heterocycles. The number of carbonyl (C=O) groups excluding carboxylic acids is 1. The van der Waals surface area contributed by atoms with Gasteiger partial charge in [-0.3, -0.25) is 0 Å². The molecule has 1 N–H and O–H groups in total. The SMILES string of the molecule is O=C(OC1CCCCC1)c1ccc2c(c1)CNCC2. The predicted molar refractivity (Wildman–Crippen MR) is 74.1 cm³/mol. The van der Waals surface area contributed by atoms with E-state index in [0.717, 1.165) is 32.4 Å². The summed E-state index contributed by atoms with van der Waals surface area (Å²) in [5, 5.41) is 3.34. The van der Waals surface area contributed by atoms with E-state index in [0.29, 0.717) is 5.56 Å². The van der Waals surface area contributed by atoms with Crippen molar-refractivity contribution in [3.63, 3.8) is 0 Å². The molecule has 1 saturated carbocycles. The van der Waals surface area contributed by atoms with Crippen LogP contribution in [0.15, 0.2) is 18.2 Å². The fourth-order valence-corrected chi connectivity index (χ4v) is 3.01. The van der Waals surface area contributed by atoms with E-state index in [1.807, 2.05) is 12.1 Å². The Morgan fingerprint density at radius 3 is 2.84 bits per heavy atom. The van der Waals surface area contributed by atoms with Gasteiger partial charge in [-0.25, -0.2) is 4.79 Å². The number of hydrogen-bond acceptors (Lipinski definition) is 3. The first-order chi connectivity index (χ1) is 9.33. The van der Waals surface area contributed by atoms with E-state index in [1.165, 1.54) is 30.4 Å². The van der Waals surface area contributed by atoms with Gasteiger partial charge in [0.25, 0.3) is 0 Å². The minimum atomic E-state index is -0.153. The van der Waals surface area contributed by atoms with E-state index in [2.05, 4.69) is 11.4 Å². The molecule has 0 radical (unpaired) electrons. The van der Waals surface area contributed by atoms with Gasteiger partial charge in [-0.2, -0.15) is 0 Å². The molecule has 0 aromatic heterocycles. The Bertz CT molecular complexity index is 464. The quantitative estimate of drug-likeness (QED) is 0.830. The maximum atomic E-state index is 12.2. The second-order valence-electron chi connectivity index (χ2n) is 5.58. The summed E-state index contributed by atoms with van der Waals surface area (Å²) in [6.45, 7) is 1.89. The van der Waals surface area contributed by atoms with Gasteiger partial charge >= 0.3 is 5.97 Å². The topological polar surface area (TPSA) is 38.3 Å². The molecule has 19 heavy (non-hydrogen) atoms. The second-order valence-corrected chi connectivity index (χ2v) is 5.58. The Labute approximate surface area is 114 Å². The van der Waals surface area contributed by atoms with Crippen molar-refractivity contribution in [1.29, 1.82) is 0 Å². The van der Waals surface area contributed by atoms with Crippen molar-refractivity contribution in [2.45, 2.75) is 51.2 Å². The number of rotatable bonds is 2. The Balaban J connectivity index is 1.69. The summed E-state index contributed by atoms with van der Waals surface area (Å²) in [5.74, 6) is -0.153. The lowest BCUT2D eigenvalue weighted by Gasteiger charge is -2.22. The molecular formula is C16H21NO2. The number of nitrogens with one attached hydrogen (secondary N) is 1. The van der Waals surface area contributed by atoms with Crippen LogP contribution in [0.3, 0.4) is 0 Å². The van der Waals surface area contributed by atoms with E-state index in [4.69, 9.17) is 4.74 Å².